The minimum Gasteiger partial charge on any atom is -0.319 e. The van der Waals surface area contributed by atoms with E-state index in [1.807, 2.05) is 7.05 Å². The van der Waals surface area contributed by atoms with Gasteiger partial charge in [0.25, 0.3) is 10.2 Å². The first-order chi connectivity index (χ1) is 10.0. The Morgan fingerprint density at radius 2 is 1.76 bits per heavy atom. The van der Waals surface area contributed by atoms with E-state index >= 15 is 0 Å². The van der Waals surface area contributed by atoms with Crippen molar-refractivity contribution in [3.8, 4) is 0 Å². The molecule has 2 rings (SSSR count). The predicted octanol–water partition coefficient (Wildman–Crippen LogP) is 1.58. The lowest BCUT2D eigenvalue weighted by Gasteiger charge is -2.33. The Labute approximate surface area is 130 Å². The Morgan fingerprint density at radius 1 is 1.05 bits per heavy atom. The molecule has 6 heteroatoms. The molecule has 0 radical (unpaired) electrons. The van der Waals surface area contributed by atoms with Crippen molar-refractivity contribution in [1.29, 1.82) is 0 Å². The fraction of sp³-hybridized carbons (Fsp3) is 1.00. The SMILES string of the molecule is CNCC1CCCN(S(=O)(=O)NCC2CCC(C)CC2)C1. The summed E-state index contributed by atoms with van der Waals surface area (Å²) < 4.78 is 29.4. The van der Waals surface area contributed by atoms with E-state index in [-0.39, 0.29) is 0 Å². The highest BCUT2D eigenvalue weighted by Crippen LogP contribution is 2.28. The topological polar surface area (TPSA) is 61.4 Å². The van der Waals surface area contributed by atoms with Crippen LogP contribution in [-0.2, 0) is 10.2 Å². The number of hydrogen-bond acceptors (Lipinski definition) is 3. The number of nitrogens with zero attached hydrogens (tertiary/aromatic N) is 1. The van der Waals surface area contributed by atoms with Crippen molar-refractivity contribution in [2.45, 2.75) is 45.4 Å². The zero-order valence-corrected chi connectivity index (χ0v) is 14.3. The van der Waals surface area contributed by atoms with Crippen LogP contribution in [0.3, 0.4) is 0 Å². The van der Waals surface area contributed by atoms with Gasteiger partial charge in [-0.05, 0) is 57.0 Å². The molecule has 2 aliphatic rings. The largest absolute Gasteiger partial charge is 0.319 e. The fourth-order valence-corrected chi connectivity index (χ4v) is 4.95. The van der Waals surface area contributed by atoms with Gasteiger partial charge in [-0.25, -0.2) is 4.72 Å². The third-order valence-corrected chi connectivity index (χ3v) is 6.55. The summed E-state index contributed by atoms with van der Waals surface area (Å²) in [5, 5.41) is 3.16. The third kappa shape index (κ3) is 5.20. The molecule has 1 heterocycles. The number of rotatable bonds is 6. The molecule has 1 atom stereocenters. The second-order valence-corrected chi connectivity index (χ2v) is 8.66. The molecule has 0 aromatic rings. The zero-order valence-electron chi connectivity index (χ0n) is 13.5. The summed E-state index contributed by atoms with van der Waals surface area (Å²) in [5.74, 6) is 1.77. The lowest BCUT2D eigenvalue weighted by molar-refractivity contribution is 0.256. The summed E-state index contributed by atoms with van der Waals surface area (Å²) in [6.07, 6.45) is 6.88. The maximum atomic E-state index is 12.4. The van der Waals surface area contributed by atoms with Crippen molar-refractivity contribution in [3.63, 3.8) is 0 Å². The first kappa shape index (κ1) is 17.2. The van der Waals surface area contributed by atoms with Gasteiger partial charge in [0.2, 0.25) is 0 Å². The Hall–Kier alpha value is -0.170. The van der Waals surface area contributed by atoms with E-state index < -0.39 is 10.2 Å². The summed E-state index contributed by atoms with van der Waals surface area (Å²) >= 11 is 0. The molecule has 2 N–H and O–H groups in total. The molecule has 0 aromatic heterocycles. The van der Waals surface area contributed by atoms with Crippen molar-refractivity contribution >= 4 is 10.2 Å². The van der Waals surface area contributed by atoms with Crippen molar-refractivity contribution in [2.24, 2.45) is 17.8 Å². The minimum atomic E-state index is -3.29. The van der Waals surface area contributed by atoms with Crippen LogP contribution in [0.25, 0.3) is 0 Å². The molecule has 0 aromatic carbocycles. The van der Waals surface area contributed by atoms with Gasteiger partial charge in [0.15, 0.2) is 0 Å². The monoisotopic (exact) mass is 317 g/mol. The summed E-state index contributed by atoms with van der Waals surface area (Å²) in [6.45, 7) is 5.11. The molecule has 5 nitrogen and oxygen atoms in total. The molecule has 21 heavy (non-hydrogen) atoms. The van der Waals surface area contributed by atoms with Crippen LogP contribution >= 0.6 is 0 Å². The Kier molecular flexibility index (Phi) is 6.47. The smallest absolute Gasteiger partial charge is 0.279 e. The molecule has 0 bridgehead atoms. The van der Waals surface area contributed by atoms with E-state index in [9.17, 15) is 8.42 Å². The van der Waals surface area contributed by atoms with Crippen LogP contribution in [0.1, 0.15) is 45.4 Å². The van der Waals surface area contributed by atoms with E-state index in [0.717, 1.165) is 38.1 Å². The van der Waals surface area contributed by atoms with Crippen LogP contribution in [0.15, 0.2) is 0 Å². The molecule has 0 amide bonds. The highest BCUT2D eigenvalue weighted by atomic mass is 32.2. The molecule has 1 saturated carbocycles. The molecular weight excluding hydrogens is 286 g/mol. The van der Waals surface area contributed by atoms with Gasteiger partial charge < -0.3 is 5.32 Å². The van der Waals surface area contributed by atoms with Crippen LogP contribution in [0, 0.1) is 17.8 Å². The predicted molar refractivity (Wildman–Crippen MR) is 86.3 cm³/mol. The Morgan fingerprint density at radius 3 is 2.43 bits per heavy atom. The van der Waals surface area contributed by atoms with Gasteiger partial charge in [-0.3, -0.25) is 0 Å². The molecule has 124 valence electrons. The van der Waals surface area contributed by atoms with Crippen molar-refractivity contribution in [2.75, 3.05) is 33.2 Å². The quantitative estimate of drug-likeness (QED) is 0.782. The second kappa shape index (κ2) is 7.90. The second-order valence-electron chi connectivity index (χ2n) is 6.90. The van der Waals surface area contributed by atoms with Gasteiger partial charge in [0.05, 0.1) is 0 Å². The molecule has 2 fully saturated rings. The van der Waals surface area contributed by atoms with Gasteiger partial charge in [-0.2, -0.15) is 12.7 Å². The van der Waals surface area contributed by atoms with Crippen LogP contribution in [-0.4, -0.2) is 45.9 Å². The minimum absolute atomic E-state index is 0.441. The van der Waals surface area contributed by atoms with Crippen LogP contribution < -0.4 is 10.0 Å². The molecule has 0 spiro atoms. The normalized spacial score (nSPS) is 32.2. The first-order valence-electron chi connectivity index (χ1n) is 8.40. The van der Waals surface area contributed by atoms with Gasteiger partial charge in [-0.15, -0.1) is 0 Å². The van der Waals surface area contributed by atoms with E-state index in [1.54, 1.807) is 4.31 Å². The maximum Gasteiger partial charge on any atom is 0.279 e. The Balaban J connectivity index is 1.80. The Bertz CT molecular complexity index is 403. The average molecular weight is 317 g/mol. The van der Waals surface area contributed by atoms with Crippen LogP contribution in [0.4, 0.5) is 0 Å². The molecular formula is C15H31N3O2S. The number of hydrogen-bond donors (Lipinski definition) is 2. The summed E-state index contributed by atoms with van der Waals surface area (Å²) in [5.41, 5.74) is 0. The van der Waals surface area contributed by atoms with Gasteiger partial charge >= 0.3 is 0 Å². The highest BCUT2D eigenvalue weighted by molar-refractivity contribution is 7.87. The number of piperidine rings is 1. The lowest BCUT2D eigenvalue weighted by Crippen LogP contribution is -2.48. The molecule has 1 aliphatic carbocycles. The lowest BCUT2D eigenvalue weighted by atomic mass is 9.83. The zero-order chi connectivity index (χ0) is 15.3. The molecule has 1 unspecified atom stereocenters. The van der Waals surface area contributed by atoms with Gasteiger partial charge in [0.1, 0.15) is 0 Å². The summed E-state index contributed by atoms with van der Waals surface area (Å²) in [7, 11) is -1.37. The highest BCUT2D eigenvalue weighted by Gasteiger charge is 2.29. The fourth-order valence-electron chi connectivity index (χ4n) is 3.55. The van der Waals surface area contributed by atoms with Crippen molar-refractivity contribution < 1.29 is 8.42 Å². The van der Waals surface area contributed by atoms with Crippen LogP contribution in [0.5, 0.6) is 0 Å². The summed E-state index contributed by atoms with van der Waals surface area (Å²) in [4.78, 5) is 0. The third-order valence-electron chi connectivity index (χ3n) is 5.00. The summed E-state index contributed by atoms with van der Waals surface area (Å²) in [6, 6.07) is 0. The van der Waals surface area contributed by atoms with E-state index in [0.29, 0.717) is 31.5 Å². The van der Waals surface area contributed by atoms with E-state index in [4.69, 9.17) is 0 Å². The van der Waals surface area contributed by atoms with Crippen molar-refractivity contribution in [1.82, 2.24) is 14.3 Å². The average Bonchev–Trinajstić information content (AvgIpc) is 2.47. The van der Waals surface area contributed by atoms with Gasteiger partial charge in [0, 0.05) is 19.6 Å². The molecule has 1 aliphatic heterocycles. The first-order valence-corrected chi connectivity index (χ1v) is 9.84. The standard InChI is InChI=1S/C15H31N3O2S/c1-13-5-7-14(8-6-13)11-17-21(19,20)18-9-3-4-15(12-18)10-16-2/h13-17H,3-12H2,1-2H3. The van der Waals surface area contributed by atoms with Crippen LogP contribution in [0.2, 0.25) is 0 Å². The van der Waals surface area contributed by atoms with E-state index in [1.165, 1.54) is 12.8 Å². The van der Waals surface area contributed by atoms with E-state index in [2.05, 4.69) is 17.0 Å². The number of nitrogens with one attached hydrogen (secondary N) is 2. The van der Waals surface area contributed by atoms with Gasteiger partial charge in [-0.1, -0.05) is 19.8 Å². The van der Waals surface area contributed by atoms with Crippen molar-refractivity contribution in [3.05, 3.63) is 0 Å². The maximum absolute atomic E-state index is 12.4. The molecule has 1 saturated heterocycles.